The second-order valence-corrected chi connectivity index (χ2v) is 7.86. The zero-order chi connectivity index (χ0) is 17.6. The number of hydrogen-bond donors (Lipinski definition) is 1. The first kappa shape index (κ1) is 18.7. The number of anilines is 1. The van der Waals surface area contributed by atoms with Crippen molar-refractivity contribution in [3.63, 3.8) is 0 Å². The molecule has 0 saturated heterocycles. The van der Waals surface area contributed by atoms with Gasteiger partial charge in [-0.1, -0.05) is 25.1 Å². The Balaban J connectivity index is 2.00. The Hall–Kier alpha value is -1.60. The molecule has 0 amide bonds. The monoisotopic (exact) mass is 352 g/mol. The lowest BCUT2D eigenvalue weighted by Crippen LogP contribution is -2.40. The Bertz CT molecular complexity index is 673. The molecule has 0 spiro atoms. The van der Waals surface area contributed by atoms with Crippen molar-refractivity contribution in [3.8, 4) is 0 Å². The lowest BCUT2D eigenvalue weighted by molar-refractivity contribution is 0.427. The summed E-state index contributed by atoms with van der Waals surface area (Å²) in [5.74, 6) is 0.879. The van der Waals surface area contributed by atoms with Crippen LogP contribution in [-0.4, -0.2) is 57.7 Å². The van der Waals surface area contributed by atoms with Gasteiger partial charge >= 0.3 is 0 Å². The minimum absolute atomic E-state index is 0.502. The summed E-state index contributed by atoms with van der Waals surface area (Å²) in [5, 5.41) is 3.34. The Morgan fingerprint density at radius 1 is 1.33 bits per heavy atom. The van der Waals surface area contributed by atoms with E-state index in [0.717, 1.165) is 25.5 Å². The number of rotatable bonds is 7. The molecule has 0 radical (unpaired) electrons. The summed E-state index contributed by atoms with van der Waals surface area (Å²) in [6.07, 6.45) is 2.99. The van der Waals surface area contributed by atoms with Crippen LogP contribution in [0.25, 0.3) is 0 Å². The summed E-state index contributed by atoms with van der Waals surface area (Å²) in [4.78, 5) is 6.91. The van der Waals surface area contributed by atoms with Gasteiger partial charge < -0.3 is 10.2 Å². The van der Waals surface area contributed by atoms with Crippen molar-refractivity contribution in [1.82, 2.24) is 9.62 Å². The van der Waals surface area contributed by atoms with Gasteiger partial charge in [0.15, 0.2) is 5.96 Å². The molecule has 0 saturated carbocycles. The molecule has 0 fully saturated rings. The van der Waals surface area contributed by atoms with Crippen LogP contribution in [0, 0.1) is 0 Å². The molecule has 0 atom stereocenters. The Morgan fingerprint density at radius 3 is 2.75 bits per heavy atom. The van der Waals surface area contributed by atoms with Gasteiger partial charge in [-0.2, -0.15) is 0 Å². The molecule has 1 heterocycles. The Morgan fingerprint density at radius 2 is 2.08 bits per heavy atom. The maximum absolute atomic E-state index is 11.6. The molecule has 0 aromatic heterocycles. The van der Waals surface area contributed by atoms with E-state index in [1.54, 1.807) is 0 Å². The maximum atomic E-state index is 11.6. The molecule has 0 aliphatic carbocycles. The van der Waals surface area contributed by atoms with E-state index in [9.17, 15) is 8.42 Å². The smallest absolute Gasteiger partial charge is 0.211 e. The molecule has 0 bridgehead atoms. The van der Waals surface area contributed by atoms with E-state index in [1.165, 1.54) is 21.8 Å². The molecule has 24 heavy (non-hydrogen) atoms. The third kappa shape index (κ3) is 4.70. The first-order valence-electron chi connectivity index (χ1n) is 8.56. The van der Waals surface area contributed by atoms with Gasteiger partial charge in [-0.25, -0.2) is 12.7 Å². The Kier molecular flexibility index (Phi) is 6.62. The minimum Gasteiger partial charge on any atom is -0.356 e. The standard InChI is InChI=1S/C17H28N4O2S/c1-4-18-17(19-12-8-13-20(5-2)24(3,22)23)21-14-11-15-9-6-7-10-16(15)21/h6-7,9-10H,4-5,8,11-14H2,1-3H3,(H,18,19). The van der Waals surface area contributed by atoms with Crippen LogP contribution < -0.4 is 10.2 Å². The van der Waals surface area contributed by atoms with E-state index in [-0.39, 0.29) is 0 Å². The van der Waals surface area contributed by atoms with Gasteiger partial charge in [0.25, 0.3) is 0 Å². The minimum atomic E-state index is -3.12. The average Bonchev–Trinajstić information content (AvgIpc) is 2.96. The third-order valence-electron chi connectivity index (χ3n) is 4.13. The van der Waals surface area contributed by atoms with Crippen molar-refractivity contribution < 1.29 is 8.42 Å². The van der Waals surface area contributed by atoms with Crippen molar-refractivity contribution in [2.24, 2.45) is 4.99 Å². The van der Waals surface area contributed by atoms with Gasteiger partial charge in [0.05, 0.1) is 6.26 Å². The molecule has 134 valence electrons. The molecule has 6 nitrogen and oxygen atoms in total. The lowest BCUT2D eigenvalue weighted by atomic mass is 10.2. The topological polar surface area (TPSA) is 65.0 Å². The van der Waals surface area contributed by atoms with E-state index < -0.39 is 10.0 Å². The Labute approximate surface area is 145 Å². The third-order valence-corrected chi connectivity index (χ3v) is 5.51. The first-order chi connectivity index (χ1) is 11.5. The maximum Gasteiger partial charge on any atom is 0.211 e. The molecule has 1 aromatic carbocycles. The van der Waals surface area contributed by atoms with Crippen molar-refractivity contribution in [3.05, 3.63) is 29.8 Å². The number of nitrogens with zero attached hydrogens (tertiary/aromatic N) is 3. The molecule has 1 aromatic rings. The number of guanidine groups is 1. The molecule has 1 N–H and O–H groups in total. The average molecular weight is 353 g/mol. The fraction of sp³-hybridized carbons (Fsp3) is 0.588. The zero-order valence-corrected chi connectivity index (χ0v) is 15.6. The van der Waals surface area contributed by atoms with E-state index in [2.05, 4.69) is 35.3 Å². The quantitative estimate of drug-likeness (QED) is 0.461. The summed E-state index contributed by atoms with van der Waals surface area (Å²) in [6, 6.07) is 8.39. The van der Waals surface area contributed by atoms with Crippen LogP contribution >= 0.6 is 0 Å². The number of nitrogens with one attached hydrogen (secondary N) is 1. The van der Waals surface area contributed by atoms with Crippen LogP contribution in [0.5, 0.6) is 0 Å². The summed E-state index contributed by atoms with van der Waals surface area (Å²) in [6.45, 7) is 7.26. The van der Waals surface area contributed by atoms with Crippen LogP contribution in [0.4, 0.5) is 5.69 Å². The highest BCUT2D eigenvalue weighted by molar-refractivity contribution is 7.88. The highest BCUT2D eigenvalue weighted by Crippen LogP contribution is 2.27. The number of fused-ring (bicyclic) bond motifs is 1. The van der Waals surface area contributed by atoms with Crippen molar-refractivity contribution in [2.45, 2.75) is 26.7 Å². The van der Waals surface area contributed by atoms with Crippen molar-refractivity contribution in [1.29, 1.82) is 0 Å². The van der Waals surface area contributed by atoms with E-state index in [0.29, 0.717) is 26.1 Å². The van der Waals surface area contributed by atoms with Gasteiger partial charge in [0.2, 0.25) is 10.0 Å². The predicted molar refractivity (Wildman–Crippen MR) is 100 cm³/mol. The number of benzene rings is 1. The summed E-state index contributed by atoms with van der Waals surface area (Å²) < 4.78 is 24.7. The summed E-state index contributed by atoms with van der Waals surface area (Å²) in [7, 11) is -3.12. The van der Waals surface area contributed by atoms with Crippen LogP contribution in [0.15, 0.2) is 29.3 Å². The molecular formula is C17H28N4O2S. The van der Waals surface area contributed by atoms with Crippen molar-refractivity contribution >= 4 is 21.7 Å². The number of sulfonamides is 1. The normalized spacial score (nSPS) is 15.0. The van der Waals surface area contributed by atoms with Crippen LogP contribution in [0.3, 0.4) is 0 Å². The van der Waals surface area contributed by atoms with E-state index in [1.807, 2.05) is 13.0 Å². The van der Waals surface area contributed by atoms with Gasteiger partial charge in [0, 0.05) is 38.4 Å². The summed E-state index contributed by atoms with van der Waals surface area (Å²) >= 11 is 0. The van der Waals surface area contributed by atoms with Gasteiger partial charge in [-0.05, 0) is 31.4 Å². The van der Waals surface area contributed by atoms with E-state index >= 15 is 0 Å². The summed E-state index contributed by atoms with van der Waals surface area (Å²) in [5.41, 5.74) is 2.56. The van der Waals surface area contributed by atoms with Crippen LogP contribution in [0.2, 0.25) is 0 Å². The van der Waals surface area contributed by atoms with Gasteiger partial charge in [0.1, 0.15) is 0 Å². The highest BCUT2D eigenvalue weighted by atomic mass is 32.2. The lowest BCUT2D eigenvalue weighted by Gasteiger charge is -2.22. The number of aliphatic imine (C=N–C) groups is 1. The molecule has 1 aliphatic rings. The molecule has 1 aliphatic heterocycles. The predicted octanol–water partition coefficient (Wildman–Crippen LogP) is 1.69. The second kappa shape index (κ2) is 8.48. The van der Waals surface area contributed by atoms with E-state index in [4.69, 9.17) is 4.99 Å². The molecular weight excluding hydrogens is 324 g/mol. The van der Waals surface area contributed by atoms with Crippen LogP contribution in [-0.2, 0) is 16.4 Å². The molecule has 0 unspecified atom stereocenters. The fourth-order valence-electron chi connectivity index (χ4n) is 2.94. The van der Waals surface area contributed by atoms with Crippen LogP contribution in [0.1, 0.15) is 25.8 Å². The second-order valence-electron chi connectivity index (χ2n) is 5.87. The van der Waals surface area contributed by atoms with Gasteiger partial charge in [-0.3, -0.25) is 4.99 Å². The number of hydrogen-bond acceptors (Lipinski definition) is 3. The first-order valence-corrected chi connectivity index (χ1v) is 10.4. The molecule has 2 rings (SSSR count). The highest BCUT2D eigenvalue weighted by Gasteiger charge is 2.22. The van der Waals surface area contributed by atoms with Gasteiger partial charge in [-0.15, -0.1) is 0 Å². The molecule has 7 heteroatoms. The zero-order valence-electron chi connectivity index (χ0n) is 14.8. The SMILES string of the molecule is CCNC(=NCCCN(CC)S(C)(=O)=O)N1CCc2ccccc21. The fourth-order valence-corrected chi connectivity index (χ4v) is 3.87. The van der Waals surface area contributed by atoms with Crippen molar-refractivity contribution in [2.75, 3.05) is 43.9 Å². The number of para-hydroxylation sites is 1. The largest absolute Gasteiger partial charge is 0.356 e.